The first-order valence-corrected chi connectivity index (χ1v) is 12.6. The normalized spacial score (nSPS) is 17.3. The Bertz CT molecular complexity index is 1210. The highest BCUT2D eigenvalue weighted by molar-refractivity contribution is 7.71. The largest absolute Gasteiger partial charge is 0.416 e. The zero-order valence-electron chi connectivity index (χ0n) is 17.5. The molecule has 6 nitrogen and oxygen atoms in total. The third kappa shape index (κ3) is 4.47. The Kier molecular flexibility index (Phi) is 6.18. The molecule has 1 atom stereocenters. The van der Waals surface area contributed by atoms with Crippen LogP contribution in [0.3, 0.4) is 0 Å². The van der Waals surface area contributed by atoms with E-state index in [2.05, 4.69) is 25.6 Å². The molecule has 3 heterocycles. The van der Waals surface area contributed by atoms with Gasteiger partial charge in [-0.3, -0.25) is 4.98 Å². The Morgan fingerprint density at radius 3 is 2.62 bits per heavy atom. The van der Waals surface area contributed by atoms with Crippen molar-refractivity contribution in [2.24, 2.45) is 0 Å². The van der Waals surface area contributed by atoms with Gasteiger partial charge in [-0.15, -0.1) is 0 Å². The molecule has 0 bridgehead atoms. The lowest BCUT2D eigenvalue weighted by Gasteiger charge is -2.24. The van der Waals surface area contributed by atoms with E-state index in [1.165, 1.54) is 19.2 Å². The number of rotatable bonds is 4. The molecule has 1 aliphatic rings. The van der Waals surface area contributed by atoms with Crippen LogP contribution in [-0.2, 0) is 10.7 Å². The second kappa shape index (κ2) is 8.61. The zero-order valence-corrected chi connectivity index (χ0v) is 19.2. The summed E-state index contributed by atoms with van der Waals surface area (Å²) in [7, 11) is -2.64. The van der Waals surface area contributed by atoms with Gasteiger partial charge in [0.25, 0.3) is 0 Å². The molecule has 0 saturated carbocycles. The number of pyridine rings is 1. The number of aromatic nitrogens is 3. The number of benzene rings is 1. The Labute approximate surface area is 188 Å². The van der Waals surface area contributed by atoms with Crippen LogP contribution in [0.2, 0.25) is 5.28 Å². The van der Waals surface area contributed by atoms with Crippen molar-refractivity contribution >= 4 is 40.9 Å². The van der Waals surface area contributed by atoms with Crippen LogP contribution in [0.5, 0.6) is 0 Å². The Morgan fingerprint density at radius 1 is 1.22 bits per heavy atom. The quantitative estimate of drug-likeness (QED) is 0.411. The van der Waals surface area contributed by atoms with Crippen molar-refractivity contribution in [3.63, 3.8) is 0 Å². The molecule has 0 amide bonds. The topological polar surface area (TPSA) is 79.8 Å². The number of anilines is 1. The van der Waals surface area contributed by atoms with Gasteiger partial charge in [-0.05, 0) is 48.7 Å². The van der Waals surface area contributed by atoms with Gasteiger partial charge in [0.05, 0.1) is 23.3 Å². The van der Waals surface area contributed by atoms with E-state index in [0.717, 1.165) is 6.07 Å². The second-order valence-electron chi connectivity index (χ2n) is 7.87. The van der Waals surface area contributed by atoms with Crippen LogP contribution >= 0.6 is 18.7 Å². The van der Waals surface area contributed by atoms with Crippen molar-refractivity contribution in [3.05, 3.63) is 52.4 Å². The van der Waals surface area contributed by atoms with Gasteiger partial charge in [0.15, 0.2) is 0 Å². The van der Waals surface area contributed by atoms with Crippen LogP contribution in [0, 0.1) is 6.92 Å². The third-order valence-corrected chi connectivity index (χ3v) is 8.90. The maximum absolute atomic E-state index is 13.4. The van der Waals surface area contributed by atoms with Crippen molar-refractivity contribution < 1.29 is 17.7 Å². The molecule has 1 saturated heterocycles. The maximum atomic E-state index is 13.4. The van der Waals surface area contributed by atoms with E-state index >= 15 is 0 Å². The summed E-state index contributed by atoms with van der Waals surface area (Å²) >= 11 is 6.08. The van der Waals surface area contributed by atoms with Gasteiger partial charge in [-0.1, -0.05) is 12.1 Å². The van der Waals surface area contributed by atoms with Gasteiger partial charge < -0.3 is 15.2 Å². The van der Waals surface area contributed by atoms with E-state index in [-0.39, 0.29) is 10.8 Å². The summed E-state index contributed by atoms with van der Waals surface area (Å²) in [6.07, 6.45) is -1.89. The molecule has 4 rings (SSSR count). The standard InChI is InChI=1S/C21H22ClF3N5OP/c1-12-14(4-3-5-16(12)21(23,24)25)13(2)28-19-15-10-18(32(31)8-6-26-7-9-32)27-11-17(15)29-20(22)30-19/h3-5,10-11,13,26H,6-9H2,1-2H3,(H,28,29,30)/t13-/m1/s1. The lowest BCUT2D eigenvalue weighted by atomic mass is 9.97. The highest BCUT2D eigenvalue weighted by Crippen LogP contribution is 2.44. The fourth-order valence-electron chi connectivity index (χ4n) is 4.02. The van der Waals surface area contributed by atoms with Gasteiger partial charge in [0, 0.05) is 30.8 Å². The van der Waals surface area contributed by atoms with Gasteiger partial charge in [-0.2, -0.15) is 13.2 Å². The molecule has 2 aromatic heterocycles. The molecule has 0 radical (unpaired) electrons. The average Bonchev–Trinajstić information content (AvgIpc) is 2.73. The van der Waals surface area contributed by atoms with E-state index in [9.17, 15) is 17.7 Å². The molecule has 3 aromatic rings. The van der Waals surface area contributed by atoms with Crippen molar-refractivity contribution in [2.75, 3.05) is 30.7 Å². The van der Waals surface area contributed by atoms with Crippen LogP contribution in [0.1, 0.15) is 29.7 Å². The highest BCUT2D eigenvalue weighted by atomic mass is 35.5. The van der Waals surface area contributed by atoms with Gasteiger partial charge in [0.1, 0.15) is 18.4 Å². The number of nitrogens with zero attached hydrogens (tertiary/aromatic N) is 3. The predicted molar refractivity (Wildman–Crippen MR) is 120 cm³/mol. The molecule has 1 aromatic carbocycles. The summed E-state index contributed by atoms with van der Waals surface area (Å²) < 4.78 is 53.4. The smallest absolute Gasteiger partial charge is 0.363 e. The molecular weight excluding hydrogens is 462 g/mol. The molecule has 170 valence electrons. The minimum Gasteiger partial charge on any atom is -0.363 e. The number of nitrogens with one attached hydrogen (secondary N) is 2. The molecule has 1 aliphatic heterocycles. The molecular formula is C21H22ClF3N5OP. The highest BCUT2D eigenvalue weighted by Gasteiger charge is 2.33. The van der Waals surface area contributed by atoms with Crippen LogP contribution in [0.25, 0.3) is 10.9 Å². The number of fused-ring (bicyclic) bond motifs is 1. The van der Waals surface area contributed by atoms with E-state index in [1.54, 1.807) is 19.1 Å². The summed E-state index contributed by atoms with van der Waals surface area (Å²) in [4.78, 5) is 12.8. The minimum atomic E-state index is -4.44. The maximum Gasteiger partial charge on any atom is 0.416 e. The van der Waals surface area contributed by atoms with Crippen LogP contribution < -0.4 is 16.1 Å². The lowest BCUT2D eigenvalue weighted by molar-refractivity contribution is -0.138. The van der Waals surface area contributed by atoms with Crippen molar-refractivity contribution in [2.45, 2.75) is 26.1 Å². The third-order valence-electron chi connectivity index (χ3n) is 5.76. The summed E-state index contributed by atoms with van der Waals surface area (Å²) in [5.74, 6) is 0.356. The first kappa shape index (κ1) is 23.0. The van der Waals surface area contributed by atoms with Gasteiger partial charge in [-0.25, -0.2) is 9.97 Å². The Hall–Kier alpha value is -2.22. The fraction of sp³-hybridized carbons (Fsp3) is 0.381. The van der Waals surface area contributed by atoms with E-state index in [1.807, 2.05) is 0 Å². The SMILES string of the molecule is Cc1c([C@@H](C)Nc2nc(Cl)nc3cnc(P4(=O)CCNCC4)cc23)cccc1C(F)(F)F. The fourth-order valence-corrected chi connectivity index (χ4v) is 6.55. The average molecular weight is 484 g/mol. The van der Waals surface area contributed by atoms with Crippen LogP contribution in [0.15, 0.2) is 30.5 Å². The van der Waals surface area contributed by atoms with Crippen molar-refractivity contribution in [1.29, 1.82) is 0 Å². The second-order valence-corrected chi connectivity index (χ2v) is 11.3. The van der Waals surface area contributed by atoms with Crippen molar-refractivity contribution in [1.82, 2.24) is 20.3 Å². The predicted octanol–water partition coefficient (Wildman–Crippen LogP) is 4.77. The molecule has 0 aliphatic carbocycles. The molecule has 0 spiro atoms. The lowest BCUT2D eigenvalue weighted by Crippen LogP contribution is -2.33. The van der Waals surface area contributed by atoms with Crippen LogP contribution in [-0.4, -0.2) is 40.4 Å². The Balaban J connectivity index is 1.74. The molecule has 0 unspecified atom stereocenters. The number of hydrogen-bond donors (Lipinski definition) is 2. The van der Waals surface area contributed by atoms with E-state index in [0.29, 0.717) is 53.1 Å². The van der Waals surface area contributed by atoms with E-state index in [4.69, 9.17) is 11.6 Å². The molecule has 1 fully saturated rings. The zero-order chi connectivity index (χ0) is 23.1. The number of hydrogen-bond acceptors (Lipinski definition) is 6. The monoisotopic (exact) mass is 483 g/mol. The number of alkyl halides is 3. The molecule has 11 heteroatoms. The Morgan fingerprint density at radius 2 is 1.94 bits per heavy atom. The molecule has 2 N–H and O–H groups in total. The summed E-state index contributed by atoms with van der Waals surface area (Å²) in [6.45, 7) is 4.52. The summed E-state index contributed by atoms with van der Waals surface area (Å²) in [5.41, 5.74) is 0.924. The molecule has 32 heavy (non-hydrogen) atoms. The van der Waals surface area contributed by atoms with Crippen molar-refractivity contribution in [3.8, 4) is 0 Å². The summed E-state index contributed by atoms with van der Waals surface area (Å²) in [6, 6.07) is 5.31. The van der Waals surface area contributed by atoms with Crippen LogP contribution in [0.4, 0.5) is 19.0 Å². The first-order valence-electron chi connectivity index (χ1n) is 10.1. The van der Waals surface area contributed by atoms with Gasteiger partial charge in [0.2, 0.25) is 5.28 Å². The van der Waals surface area contributed by atoms with E-state index < -0.39 is 24.9 Å². The summed E-state index contributed by atoms with van der Waals surface area (Å²) in [5, 5.41) is 6.92. The minimum absolute atomic E-state index is 0.0176. The first-order chi connectivity index (χ1) is 15.1. The van der Waals surface area contributed by atoms with Gasteiger partial charge >= 0.3 is 6.18 Å². The number of halogens is 4.